The molecule has 1 N–H and O–H groups in total. The van der Waals surface area contributed by atoms with Gasteiger partial charge in [0.2, 0.25) is 5.91 Å². The van der Waals surface area contributed by atoms with Crippen LogP contribution in [0, 0.1) is 0 Å². The van der Waals surface area contributed by atoms with Crippen molar-refractivity contribution in [2.24, 2.45) is 10.2 Å². The number of hydrogen-bond acceptors (Lipinski definition) is 5. The van der Waals surface area contributed by atoms with Gasteiger partial charge in [-0.1, -0.05) is 42.1 Å². The van der Waals surface area contributed by atoms with Crippen LogP contribution in [0.15, 0.2) is 58.9 Å². The molecule has 1 aliphatic rings. The van der Waals surface area contributed by atoms with E-state index in [1.54, 1.807) is 22.9 Å². The summed E-state index contributed by atoms with van der Waals surface area (Å²) in [5.74, 6) is 0.515. The van der Waals surface area contributed by atoms with Gasteiger partial charge in [0.25, 0.3) is 0 Å². The fraction of sp³-hybridized carbons (Fsp3) is 0.176. The van der Waals surface area contributed by atoms with Crippen LogP contribution in [-0.2, 0) is 11.3 Å². The number of aryl methyl sites for hydroxylation is 1. The van der Waals surface area contributed by atoms with Crippen molar-refractivity contribution in [1.82, 2.24) is 9.88 Å². The van der Waals surface area contributed by atoms with Crippen LogP contribution >= 0.6 is 11.8 Å². The summed E-state index contributed by atoms with van der Waals surface area (Å²) in [4.78, 5) is 22.8. The normalized spacial score (nSPS) is 13.8. The maximum Gasteiger partial charge on any atom is 0.227 e. The predicted molar refractivity (Wildman–Crippen MR) is 95.5 cm³/mol. The maximum atomic E-state index is 12.0. The highest BCUT2D eigenvalue weighted by Gasteiger charge is 2.14. The monoisotopic (exact) mass is 340 g/mol. The molecule has 7 heteroatoms. The fourth-order valence-electron chi connectivity index (χ4n) is 2.27. The Hall–Kier alpha value is -2.67. The first kappa shape index (κ1) is 16.2. The molecule has 3 rings (SSSR count). The zero-order valence-electron chi connectivity index (χ0n) is 12.9. The number of aldehydes is 1. The number of nitrogens with one attached hydrogen (secondary N) is 1. The van der Waals surface area contributed by atoms with Crippen LogP contribution in [-0.4, -0.2) is 33.4 Å². The van der Waals surface area contributed by atoms with E-state index in [-0.39, 0.29) is 12.3 Å². The van der Waals surface area contributed by atoms with E-state index < -0.39 is 0 Å². The molecule has 0 radical (unpaired) electrons. The van der Waals surface area contributed by atoms with E-state index >= 15 is 0 Å². The minimum absolute atomic E-state index is 0.148. The van der Waals surface area contributed by atoms with Gasteiger partial charge in [0.15, 0.2) is 11.5 Å². The first-order valence-corrected chi connectivity index (χ1v) is 8.48. The second-order valence-corrected chi connectivity index (χ2v) is 6.11. The van der Waals surface area contributed by atoms with Gasteiger partial charge in [0.05, 0.1) is 11.4 Å². The average Bonchev–Trinajstić information content (AvgIpc) is 3.09. The molecule has 1 aromatic heterocycles. The lowest BCUT2D eigenvalue weighted by Gasteiger charge is -2.13. The highest BCUT2D eigenvalue weighted by molar-refractivity contribution is 8.14. The van der Waals surface area contributed by atoms with E-state index in [0.29, 0.717) is 23.2 Å². The number of aromatic nitrogens is 1. The van der Waals surface area contributed by atoms with Gasteiger partial charge < -0.3 is 9.88 Å². The summed E-state index contributed by atoms with van der Waals surface area (Å²) in [6.07, 6.45) is 2.82. The molecule has 0 fully saturated rings. The molecule has 0 saturated carbocycles. The first-order valence-electron chi connectivity index (χ1n) is 7.49. The lowest BCUT2D eigenvalue weighted by atomic mass is 10.1. The van der Waals surface area contributed by atoms with Crippen molar-refractivity contribution in [3.8, 4) is 0 Å². The summed E-state index contributed by atoms with van der Waals surface area (Å²) in [7, 11) is 0. The van der Waals surface area contributed by atoms with Gasteiger partial charge in [0, 0.05) is 24.9 Å². The summed E-state index contributed by atoms with van der Waals surface area (Å²) >= 11 is 1.45. The summed E-state index contributed by atoms with van der Waals surface area (Å²) < 4.78 is 1.74. The Morgan fingerprint density at radius 3 is 2.75 bits per heavy atom. The molecule has 0 atom stereocenters. The second kappa shape index (κ2) is 7.74. The fourth-order valence-corrected chi connectivity index (χ4v) is 3.06. The summed E-state index contributed by atoms with van der Waals surface area (Å²) in [5.41, 5.74) is 2.49. The number of hydrogen-bond donors (Lipinski definition) is 1. The standard InChI is InChI=1S/C17H16N4O2S/c22-11-14-7-4-9-21(14)10-8-16(23)18-17-20-19-15(12-24-17)13-5-2-1-3-6-13/h1-7,9,11H,8,10,12H2,(H,18,20,23). The van der Waals surface area contributed by atoms with Crippen molar-refractivity contribution in [3.05, 3.63) is 59.9 Å². The zero-order valence-corrected chi connectivity index (χ0v) is 13.7. The molecule has 0 unspecified atom stereocenters. The van der Waals surface area contributed by atoms with Crippen molar-refractivity contribution in [1.29, 1.82) is 0 Å². The zero-order chi connectivity index (χ0) is 16.8. The van der Waals surface area contributed by atoms with Crippen molar-refractivity contribution in [2.75, 3.05) is 5.75 Å². The molecule has 0 aliphatic carbocycles. The molecule has 6 nitrogen and oxygen atoms in total. The molecule has 2 aromatic rings. The third kappa shape index (κ3) is 3.99. The van der Waals surface area contributed by atoms with Gasteiger partial charge in [-0.15, -0.1) is 5.10 Å². The van der Waals surface area contributed by atoms with Gasteiger partial charge in [-0.3, -0.25) is 9.59 Å². The van der Waals surface area contributed by atoms with Crippen LogP contribution in [0.4, 0.5) is 0 Å². The van der Waals surface area contributed by atoms with E-state index in [4.69, 9.17) is 0 Å². The van der Waals surface area contributed by atoms with Crippen LogP contribution in [0.1, 0.15) is 22.5 Å². The molecular formula is C17H16N4O2S. The Morgan fingerprint density at radius 1 is 1.21 bits per heavy atom. The van der Waals surface area contributed by atoms with Crippen LogP contribution in [0.5, 0.6) is 0 Å². The molecular weight excluding hydrogens is 324 g/mol. The van der Waals surface area contributed by atoms with Crippen LogP contribution < -0.4 is 5.32 Å². The Labute approximate surface area is 143 Å². The number of nitrogens with zero attached hydrogens (tertiary/aromatic N) is 3. The van der Waals surface area contributed by atoms with Crippen LogP contribution in [0.3, 0.4) is 0 Å². The summed E-state index contributed by atoms with van der Waals surface area (Å²) in [6.45, 7) is 0.448. The number of carbonyl (C=O) groups excluding carboxylic acids is 2. The van der Waals surface area contributed by atoms with E-state index in [9.17, 15) is 9.59 Å². The number of benzene rings is 1. The Balaban J connectivity index is 1.55. The molecule has 1 aromatic carbocycles. The number of rotatable bonds is 5. The van der Waals surface area contributed by atoms with Crippen LogP contribution in [0.2, 0.25) is 0 Å². The Kier molecular flexibility index (Phi) is 5.22. The van der Waals surface area contributed by atoms with E-state index in [1.807, 2.05) is 30.3 Å². The van der Waals surface area contributed by atoms with Crippen LogP contribution in [0.25, 0.3) is 0 Å². The minimum atomic E-state index is -0.148. The van der Waals surface area contributed by atoms with E-state index in [2.05, 4.69) is 15.5 Å². The molecule has 2 heterocycles. The number of carbonyl (C=O) groups is 2. The SMILES string of the molecule is O=Cc1cccn1CCC(=O)NC1=NN=C(c2ccccc2)CS1. The average molecular weight is 340 g/mol. The van der Waals surface area contributed by atoms with Gasteiger partial charge in [-0.05, 0) is 17.7 Å². The molecule has 122 valence electrons. The second-order valence-electron chi connectivity index (χ2n) is 5.15. The largest absolute Gasteiger partial charge is 0.345 e. The first-order chi connectivity index (χ1) is 11.8. The topological polar surface area (TPSA) is 75.8 Å². The summed E-state index contributed by atoms with van der Waals surface area (Å²) in [5, 5.41) is 11.5. The van der Waals surface area contributed by atoms with Crippen molar-refractivity contribution >= 4 is 34.8 Å². The molecule has 0 bridgehead atoms. The maximum absolute atomic E-state index is 12.0. The van der Waals surface area contributed by atoms with Crippen molar-refractivity contribution < 1.29 is 9.59 Å². The third-order valence-electron chi connectivity index (χ3n) is 3.53. The number of thioether (sulfide) groups is 1. The highest BCUT2D eigenvalue weighted by atomic mass is 32.2. The number of amides is 1. The highest BCUT2D eigenvalue weighted by Crippen LogP contribution is 2.14. The molecule has 1 amide bonds. The van der Waals surface area contributed by atoms with Crippen molar-refractivity contribution in [3.63, 3.8) is 0 Å². The van der Waals surface area contributed by atoms with E-state index in [0.717, 1.165) is 17.6 Å². The summed E-state index contributed by atoms with van der Waals surface area (Å²) in [6, 6.07) is 13.3. The van der Waals surface area contributed by atoms with Crippen molar-refractivity contribution in [2.45, 2.75) is 13.0 Å². The third-order valence-corrected chi connectivity index (χ3v) is 4.40. The molecule has 0 spiro atoms. The van der Waals surface area contributed by atoms with Gasteiger partial charge in [-0.25, -0.2) is 0 Å². The lowest BCUT2D eigenvalue weighted by Crippen LogP contribution is -2.31. The Bertz CT molecular complexity index is 796. The van der Waals surface area contributed by atoms with Gasteiger partial charge in [0.1, 0.15) is 0 Å². The number of amidine groups is 1. The molecule has 0 saturated heterocycles. The quantitative estimate of drug-likeness (QED) is 0.849. The van der Waals surface area contributed by atoms with E-state index in [1.165, 1.54) is 11.8 Å². The Morgan fingerprint density at radius 2 is 2.04 bits per heavy atom. The minimum Gasteiger partial charge on any atom is -0.345 e. The smallest absolute Gasteiger partial charge is 0.227 e. The molecule has 24 heavy (non-hydrogen) atoms. The lowest BCUT2D eigenvalue weighted by molar-refractivity contribution is -0.119. The van der Waals surface area contributed by atoms with Gasteiger partial charge >= 0.3 is 0 Å². The van der Waals surface area contributed by atoms with Gasteiger partial charge in [-0.2, -0.15) is 5.10 Å². The predicted octanol–water partition coefficient (Wildman–Crippen LogP) is 2.31. The molecule has 1 aliphatic heterocycles.